The Balaban J connectivity index is 1.67. The molecule has 6 amide bonds. The number of hydrogen-bond acceptors (Lipinski definition) is 9. The average Bonchev–Trinajstić information content (AvgIpc) is 3.77. The van der Waals surface area contributed by atoms with Gasteiger partial charge >= 0.3 is 18.2 Å². The van der Waals surface area contributed by atoms with Crippen LogP contribution in [-0.2, 0) is 40.1 Å². The first-order chi connectivity index (χ1) is 23.4. The summed E-state index contributed by atoms with van der Waals surface area (Å²) in [4.78, 5) is 92.8. The SMILES string of the molecule is CCOC(=O)C(CCCCNC(=O)OCc1ccccc1)N(C(=O)[C@@H]1CCCN1C(=O)[C@H](C)NC(=O)[C@@H]1CCCN1C(C)=O)N(C)C(=O)O. The molecule has 2 saturated heterocycles. The Morgan fingerprint density at radius 3 is 2.24 bits per heavy atom. The number of hydrazine groups is 1. The van der Waals surface area contributed by atoms with Crippen LogP contribution in [0.5, 0.6) is 0 Å². The van der Waals surface area contributed by atoms with Crippen LogP contribution in [0.1, 0.15) is 71.3 Å². The van der Waals surface area contributed by atoms with Crippen molar-refractivity contribution in [3.63, 3.8) is 0 Å². The molecular weight excluding hydrogens is 640 g/mol. The second kappa shape index (κ2) is 18.6. The third-order valence-corrected chi connectivity index (χ3v) is 8.58. The van der Waals surface area contributed by atoms with Crippen molar-refractivity contribution in [2.45, 2.75) is 96.5 Å². The van der Waals surface area contributed by atoms with Crippen molar-refractivity contribution in [1.82, 2.24) is 30.5 Å². The van der Waals surface area contributed by atoms with Crippen LogP contribution in [0.15, 0.2) is 30.3 Å². The van der Waals surface area contributed by atoms with Crippen molar-refractivity contribution in [1.29, 1.82) is 0 Å². The van der Waals surface area contributed by atoms with E-state index in [-0.39, 0.29) is 45.1 Å². The lowest BCUT2D eigenvalue weighted by molar-refractivity contribution is -0.170. The quantitative estimate of drug-likeness (QED) is 0.148. The molecule has 0 bridgehead atoms. The molecule has 2 aliphatic rings. The van der Waals surface area contributed by atoms with Crippen molar-refractivity contribution in [3.05, 3.63) is 35.9 Å². The lowest BCUT2D eigenvalue weighted by Gasteiger charge is -2.38. The first-order valence-corrected chi connectivity index (χ1v) is 16.7. The highest BCUT2D eigenvalue weighted by molar-refractivity contribution is 5.95. The summed E-state index contributed by atoms with van der Waals surface area (Å²) in [5.41, 5.74) is 0.828. The van der Waals surface area contributed by atoms with E-state index in [1.807, 2.05) is 30.3 Å². The Labute approximate surface area is 286 Å². The van der Waals surface area contributed by atoms with E-state index in [1.54, 1.807) is 6.92 Å². The van der Waals surface area contributed by atoms with Crippen molar-refractivity contribution in [2.75, 3.05) is 33.3 Å². The molecule has 0 aromatic heterocycles. The molecule has 3 N–H and O–H groups in total. The third-order valence-electron chi connectivity index (χ3n) is 8.58. The summed E-state index contributed by atoms with van der Waals surface area (Å²) < 4.78 is 10.4. The summed E-state index contributed by atoms with van der Waals surface area (Å²) in [6.45, 7) is 5.36. The second-order valence-electron chi connectivity index (χ2n) is 12.0. The van der Waals surface area contributed by atoms with Gasteiger partial charge in [0, 0.05) is 33.6 Å². The maximum absolute atomic E-state index is 14.1. The lowest BCUT2D eigenvalue weighted by atomic mass is 10.1. The van der Waals surface area contributed by atoms with Crippen LogP contribution in [0, 0.1) is 0 Å². The predicted molar refractivity (Wildman–Crippen MR) is 174 cm³/mol. The molecule has 3 rings (SSSR count). The van der Waals surface area contributed by atoms with Gasteiger partial charge in [0.15, 0.2) is 6.04 Å². The van der Waals surface area contributed by atoms with Gasteiger partial charge in [-0.05, 0) is 64.4 Å². The van der Waals surface area contributed by atoms with Crippen LogP contribution >= 0.6 is 0 Å². The number of nitrogens with zero attached hydrogens (tertiary/aromatic N) is 4. The number of carbonyl (C=O) groups excluding carboxylic acids is 6. The van der Waals surface area contributed by atoms with Crippen molar-refractivity contribution >= 4 is 41.8 Å². The molecule has 2 fully saturated rings. The second-order valence-corrected chi connectivity index (χ2v) is 12.0. The summed E-state index contributed by atoms with van der Waals surface area (Å²) in [5, 5.41) is 16.6. The fourth-order valence-electron chi connectivity index (χ4n) is 6.08. The van der Waals surface area contributed by atoms with Gasteiger partial charge in [0.05, 0.1) is 6.61 Å². The molecule has 0 radical (unpaired) electrons. The number of unbranched alkanes of at least 4 members (excludes halogenated alkanes) is 1. The summed E-state index contributed by atoms with van der Waals surface area (Å²) in [5.74, 6) is -2.86. The number of esters is 1. The number of nitrogens with one attached hydrogen (secondary N) is 2. The number of likely N-dealkylation sites (tertiary alicyclic amines) is 2. The molecule has 2 heterocycles. The summed E-state index contributed by atoms with van der Waals surface area (Å²) in [7, 11) is 1.13. The zero-order valence-corrected chi connectivity index (χ0v) is 28.6. The number of hydrogen-bond donors (Lipinski definition) is 3. The Kier molecular flexibility index (Phi) is 14.6. The highest BCUT2D eigenvalue weighted by Crippen LogP contribution is 2.25. The Morgan fingerprint density at radius 1 is 0.959 bits per heavy atom. The van der Waals surface area contributed by atoms with Crippen molar-refractivity contribution < 1.29 is 48.1 Å². The van der Waals surface area contributed by atoms with Gasteiger partial charge in [-0.2, -0.15) is 0 Å². The van der Waals surface area contributed by atoms with Gasteiger partial charge in [0.2, 0.25) is 17.7 Å². The van der Waals surface area contributed by atoms with Gasteiger partial charge in [-0.15, -0.1) is 0 Å². The Hall–Kier alpha value is -4.89. The Bertz CT molecular complexity index is 1340. The topological polar surface area (TPSA) is 195 Å². The largest absolute Gasteiger partial charge is 0.464 e. The molecule has 1 unspecified atom stereocenters. The number of amides is 6. The lowest BCUT2D eigenvalue weighted by Crippen LogP contribution is -2.61. The number of carbonyl (C=O) groups is 7. The van der Waals surface area contributed by atoms with Crippen molar-refractivity contribution in [3.8, 4) is 0 Å². The highest BCUT2D eigenvalue weighted by Gasteiger charge is 2.44. The molecule has 2 aliphatic heterocycles. The van der Waals surface area contributed by atoms with E-state index < -0.39 is 60.0 Å². The zero-order chi connectivity index (χ0) is 36.1. The third kappa shape index (κ3) is 10.5. The van der Waals surface area contributed by atoms with E-state index in [1.165, 1.54) is 23.6 Å². The van der Waals surface area contributed by atoms with Gasteiger partial charge in [0.1, 0.15) is 24.7 Å². The number of rotatable bonds is 14. The Morgan fingerprint density at radius 2 is 1.61 bits per heavy atom. The molecule has 4 atom stereocenters. The fraction of sp³-hybridized carbons (Fsp3) is 0.606. The molecule has 16 nitrogen and oxygen atoms in total. The molecule has 0 saturated carbocycles. The van der Waals surface area contributed by atoms with Crippen LogP contribution in [0.25, 0.3) is 0 Å². The fourth-order valence-corrected chi connectivity index (χ4v) is 6.08. The van der Waals surface area contributed by atoms with Crippen LogP contribution in [-0.4, -0.2) is 124 Å². The molecule has 0 spiro atoms. The number of ether oxygens (including phenoxy) is 2. The maximum Gasteiger partial charge on any atom is 0.426 e. The van der Waals surface area contributed by atoms with Crippen molar-refractivity contribution in [2.24, 2.45) is 0 Å². The zero-order valence-electron chi connectivity index (χ0n) is 28.6. The van der Waals surface area contributed by atoms with Gasteiger partial charge in [-0.3, -0.25) is 19.2 Å². The minimum Gasteiger partial charge on any atom is -0.464 e. The summed E-state index contributed by atoms with van der Waals surface area (Å²) in [6, 6.07) is 4.99. The molecule has 270 valence electrons. The summed E-state index contributed by atoms with van der Waals surface area (Å²) >= 11 is 0. The van der Waals surface area contributed by atoms with Gasteiger partial charge < -0.3 is 35.0 Å². The van der Waals surface area contributed by atoms with E-state index in [0.29, 0.717) is 43.7 Å². The van der Waals surface area contributed by atoms with Gasteiger partial charge in [-0.1, -0.05) is 30.3 Å². The molecule has 1 aromatic rings. The molecule has 16 heteroatoms. The molecular formula is C33H48N6O10. The molecule has 1 aromatic carbocycles. The van der Waals surface area contributed by atoms with E-state index in [0.717, 1.165) is 17.6 Å². The van der Waals surface area contributed by atoms with E-state index >= 15 is 0 Å². The van der Waals surface area contributed by atoms with Crippen LogP contribution in [0.3, 0.4) is 0 Å². The molecule has 0 aliphatic carbocycles. The van der Waals surface area contributed by atoms with Gasteiger partial charge in [0.25, 0.3) is 5.91 Å². The normalized spacial score (nSPS) is 18.2. The monoisotopic (exact) mass is 688 g/mol. The number of benzene rings is 1. The van der Waals surface area contributed by atoms with E-state index in [9.17, 15) is 38.7 Å². The minimum atomic E-state index is -1.51. The average molecular weight is 689 g/mol. The number of carboxylic acid groups (broad SMARTS) is 1. The minimum absolute atomic E-state index is 0.00407. The number of alkyl carbamates (subject to hydrolysis) is 1. The van der Waals surface area contributed by atoms with Crippen LogP contribution in [0.4, 0.5) is 9.59 Å². The maximum atomic E-state index is 14.1. The molecule has 49 heavy (non-hydrogen) atoms. The first kappa shape index (κ1) is 38.6. The van der Waals surface area contributed by atoms with Crippen LogP contribution in [0.2, 0.25) is 0 Å². The smallest absolute Gasteiger partial charge is 0.426 e. The summed E-state index contributed by atoms with van der Waals surface area (Å²) in [6.07, 6.45) is 0.329. The highest BCUT2D eigenvalue weighted by atomic mass is 16.5. The van der Waals surface area contributed by atoms with E-state index in [2.05, 4.69) is 10.6 Å². The predicted octanol–water partition coefficient (Wildman–Crippen LogP) is 1.87. The van der Waals surface area contributed by atoms with Gasteiger partial charge in [-0.25, -0.2) is 24.4 Å². The standard InChI is InChI=1S/C33H48N6O10/c1-5-48-31(44)27(15-9-10-18-34-32(45)49-21-24-13-7-6-8-14-24)39(36(4)33(46)47)30(43)26-17-12-20-38(26)29(42)22(2)35-28(41)25-16-11-19-37(25)23(3)40/h6-8,13-14,22,25-27H,5,9-12,15-21H2,1-4H3,(H,34,45)(H,35,41)(H,46,47)/t22-,25-,26-,27?/m0/s1. The van der Waals surface area contributed by atoms with Crippen LogP contribution < -0.4 is 10.6 Å². The first-order valence-electron chi connectivity index (χ1n) is 16.7. The van der Waals surface area contributed by atoms with E-state index in [4.69, 9.17) is 9.47 Å².